The zero-order valence-electron chi connectivity index (χ0n) is 16.8. The van der Waals surface area contributed by atoms with Crippen LogP contribution in [0, 0.1) is 5.41 Å². The summed E-state index contributed by atoms with van der Waals surface area (Å²) in [4.78, 5) is 46.1. The normalized spacial score (nSPS) is 13.0. The second-order valence-electron chi connectivity index (χ2n) is 7.60. The molecular formula is C18H26N4O4S. The summed E-state index contributed by atoms with van der Waals surface area (Å²) in [7, 11) is 2.98. The molecule has 0 aliphatic heterocycles. The third kappa shape index (κ3) is 4.58. The Morgan fingerprint density at radius 3 is 2.37 bits per heavy atom. The maximum Gasteiger partial charge on any atom is 0.332 e. The minimum atomic E-state index is -0.549. The van der Waals surface area contributed by atoms with Gasteiger partial charge in [0.05, 0.1) is 6.61 Å². The van der Waals surface area contributed by atoms with E-state index < -0.39 is 16.5 Å². The van der Waals surface area contributed by atoms with Gasteiger partial charge in [0.2, 0.25) is 0 Å². The lowest BCUT2D eigenvalue weighted by molar-refractivity contribution is -0.142. The van der Waals surface area contributed by atoms with E-state index in [9.17, 15) is 14.4 Å². The summed E-state index contributed by atoms with van der Waals surface area (Å²) in [6, 6.07) is 0. The second-order valence-corrected chi connectivity index (χ2v) is 8.93. The first kappa shape index (κ1) is 21.1. The van der Waals surface area contributed by atoms with Gasteiger partial charge in [-0.3, -0.25) is 18.7 Å². The maximum absolute atomic E-state index is 12.7. The summed E-state index contributed by atoms with van der Waals surface area (Å²) in [5, 5.41) is 0.0712. The highest BCUT2D eigenvalue weighted by molar-refractivity contribution is 8.00. The number of aryl methyl sites for hydroxylation is 1. The monoisotopic (exact) mass is 394 g/mol. The van der Waals surface area contributed by atoms with Crippen LogP contribution in [0.5, 0.6) is 0 Å². The number of fused-ring (bicyclic) bond motifs is 1. The largest absolute Gasteiger partial charge is 0.465 e. The molecule has 2 rings (SSSR count). The highest BCUT2D eigenvalue weighted by Gasteiger charge is 2.24. The van der Waals surface area contributed by atoms with Crippen LogP contribution in [-0.2, 0) is 30.0 Å². The van der Waals surface area contributed by atoms with Gasteiger partial charge in [0.25, 0.3) is 5.56 Å². The predicted octanol–water partition coefficient (Wildman–Crippen LogP) is 1.66. The van der Waals surface area contributed by atoms with Crippen LogP contribution >= 0.6 is 11.8 Å². The Bertz CT molecular complexity index is 988. The lowest BCUT2D eigenvalue weighted by Crippen LogP contribution is -2.38. The van der Waals surface area contributed by atoms with Crippen LogP contribution in [0.4, 0.5) is 0 Å². The quantitative estimate of drug-likeness (QED) is 0.432. The predicted molar refractivity (Wildman–Crippen MR) is 105 cm³/mol. The van der Waals surface area contributed by atoms with Crippen molar-refractivity contribution < 1.29 is 9.53 Å². The number of thioether (sulfide) groups is 1. The molecule has 2 aromatic heterocycles. The fourth-order valence-electron chi connectivity index (χ4n) is 2.59. The van der Waals surface area contributed by atoms with Gasteiger partial charge in [-0.15, -0.1) is 0 Å². The Hall–Kier alpha value is -2.16. The highest BCUT2D eigenvalue weighted by Crippen LogP contribution is 2.28. The summed E-state index contributed by atoms with van der Waals surface area (Å²) in [5.74, 6) is 0.144. The third-order valence-corrected chi connectivity index (χ3v) is 4.97. The van der Waals surface area contributed by atoms with Gasteiger partial charge in [-0.25, -0.2) is 14.8 Å². The average Bonchev–Trinajstić information content (AvgIpc) is 2.56. The number of carbonyl (C=O) groups excluding carboxylic acids is 1. The molecule has 2 aromatic rings. The average molecular weight is 394 g/mol. The first-order chi connectivity index (χ1) is 12.5. The molecule has 0 amide bonds. The highest BCUT2D eigenvalue weighted by atomic mass is 32.2. The summed E-state index contributed by atoms with van der Waals surface area (Å²) < 4.78 is 7.41. The van der Waals surface area contributed by atoms with Gasteiger partial charge in [0, 0.05) is 20.5 Å². The molecule has 0 fully saturated rings. The van der Waals surface area contributed by atoms with E-state index >= 15 is 0 Å². The molecule has 0 N–H and O–H groups in total. The van der Waals surface area contributed by atoms with Crippen molar-refractivity contribution in [3.8, 4) is 0 Å². The van der Waals surface area contributed by atoms with Gasteiger partial charge in [0.1, 0.15) is 21.5 Å². The van der Waals surface area contributed by atoms with Crippen LogP contribution < -0.4 is 11.2 Å². The minimum absolute atomic E-state index is 0.0824. The molecule has 0 saturated heterocycles. The Kier molecular flexibility index (Phi) is 6.14. The minimum Gasteiger partial charge on any atom is -0.465 e. The van der Waals surface area contributed by atoms with Crippen LogP contribution in [0.2, 0.25) is 0 Å². The van der Waals surface area contributed by atoms with Gasteiger partial charge in [-0.05, 0) is 19.3 Å². The van der Waals surface area contributed by atoms with E-state index in [1.54, 1.807) is 20.9 Å². The van der Waals surface area contributed by atoms with Gasteiger partial charge in [-0.1, -0.05) is 32.5 Å². The molecule has 0 bridgehead atoms. The summed E-state index contributed by atoms with van der Waals surface area (Å²) in [6.45, 7) is 9.88. The third-order valence-electron chi connectivity index (χ3n) is 3.91. The Labute approximate surface area is 162 Å². The first-order valence-electron chi connectivity index (χ1n) is 8.76. The number of hydrogen-bond donors (Lipinski definition) is 0. The smallest absolute Gasteiger partial charge is 0.332 e. The first-order valence-corrected chi connectivity index (χ1v) is 9.64. The van der Waals surface area contributed by atoms with E-state index in [0.717, 1.165) is 16.3 Å². The number of nitrogens with zero attached hydrogens (tertiary/aromatic N) is 4. The van der Waals surface area contributed by atoms with Crippen molar-refractivity contribution in [3.63, 3.8) is 0 Å². The van der Waals surface area contributed by atoms with Crippen LogP contribution in [0.3, 0.4) is 0 Å². The van der Waals surface area contributed by atoms with Crippen molar-refractivity contribution in [1.29, 1.82) is 0 Å². The lowest BCUT2D eigenvalue weighted by Gasteiger charge is -2.19. The van der Waals surface area contributed by atoms with Crippen molar-refractivity contribution in [2.24, 2.45) is 19.5 Å². The molecule has 1 atom stereocenters. The molecule has 0 spiro atoms. The van der Waals surface area contributed by atoms with Gasteiger partial charge >= 0.3 is 11.7 Å². The van der Waals surface area contributed by atoms with Crippen LogP contribution in [0.15, 0.2) is 14.6 Å². The van der Waals surface area contributed by atoms with E-state index in [1.165, 1.54) is 11.6 Å². The summed E-state index contributed by atoms with van der Waals surface area (Å²) in [5.41, 5.74) is -0.742. The number of hydrogen-bond acceptors (Lipinski definition) is 7. The Morgan fingerprint density at radius 1 is 1.19 bits per heavy atom. The molecule has 0 aromatic carbocycles. The molecule has 2 heterocycles. The van der Waals surface area contributed by atoms with Crippen LogP contribution in [0.1, 0.15) is 40.4 Å². The van der Waals surface area contributed by atoms with Crippen LogP contribution in [0.25, 0.3) is 11.0 Å². The molecule has 0 unspecified atom stereocenters. The number of ether oxygens (including phenoxy) is 1. The zero-order valence-corrected chi connectivity index (χ0v) is 17.6. The zero-order chi connectivity index (χ0) is 20.5. The van der Waals surface area contributed by atoms with Crippen molar-refractivity contribution >= 4 is 28.8 Å². The van der Waals surface area contributed by atoms with Gasteiger partial charge < -0.3 is 4.74 Å². The van der Waals surface area contributed by atoms with Gasteiger partial charge in [0.15, 0.2) is 5.65 Å². The van der Waals surface area contributed by atoms with Crippen molar-refractivity contribution in [3.05, 3.63) is 26.7 Å². The Morgan fingerprint density at radius 2 is 1.81 bits per heavy atom. The lowest BCUT2D eigenvalue weighted by atomic mass is 9.92. The number of carbonyl (C=O) groups is 1. The molecule has 0 aliphatic carbocycles. The molecule has 0 radical (unpaired) electrons. The van der Waals surface area contributed by atoms with E-state index in [4.69, 9.17) is 4.74 Å². The fraction of sp³-hybridized carbons (Fsp3) is 0.611. The van der Waals surface area contributed by atoms with Crippen molar-refractivity contribution in [2.75, 3.05) is 6.61 Å². The van der Waals surface area contributed by atoms with Crippen molar-refractivity contribution in [2.45, 2.75) is 51.3 Å². The second kappa shape index (κ2) is 7.84. The molecule has 0 aliphatic rings. The standard InChI is InChI=1S/C18H26N4O4S/c1-8-26-16(24)10(2)27-14-12-13(19-11(20-14)9-18(3,4)5)21(6)17(25)22(7)15(12)23/h10H,8-9H2,1-7H3/t10-/m1/s1. The number of rotatable bonds is 5. The van der Waals surface area contributed by atoms with E-state index in [1.807, 2.05) is 0 Å². The van der Waals surface area contributed by atoms with Gasteiger partial charge in [-0.2, -0.15) is 0 Å². The molecule has 27 heavy (non-hydrogen) atoms. The van der Waals surface area contributed by atoms with Crippen LogP contribution in [-0.4, -0.2) is 36.9 Å². The topological polar surface area (TPSA) is 96.1 Å². The Balaban J connectivity index is 2.73. The number of aromatic nitrogens is 4. The SMILES string of the molecule is CCOC(=O)[C@@H](C)Sc1nc(CC(C)(C)C)nc2c1c(=O)n(C)c(=O)n2C. The molecule has 9 heteroatoms. The van der Waals surface area contributed by atoms with E-state index in [2.05, 4.69) is 30.7 Å². The molecular weight excluding hydrogens is 368 g/mol. The fourth-order valence-corrected chi connectivity index (χ4v) is 3.54. The van der Waals surface area contributed by atoms with Crippen molar-refractivity contribution in [1.82, 2.24) is 19.1 Å². The maximum atomic E-state index is 12.7. The molecule has 148 valence electrons. The number of esters is 1. The van der Waals surface area contributed by atoms with E-state index in [-0.39, 0.29) is 29.0 Å². The molecule has 8 nitrogen and oxygen atoms in total. The summed E-state index contributed by atoms with van der Waals surface area (Å²) >= 11 is 1.14. The summed E-state index contributed by atoms with van der Waals surface area (Å²) in [6.07, 6.45) is 0.563. The van der Waals surface area contributed by atoms with E-state index in [0.29, 0.717) is 17.3 Å². The molecule has 0 saturated carbocycles.